The number of carbonyl (C=O) groups is 1. The predicted molar refractivity (Wildman–Crippen MR) is 66.0 cm³/mol. The first-order valence-electron chi connectivity index (χ1n) is 6.21. The predicted octanol–water partition coefficient (Wildman–Crippen LogP) is 1.47. The van der Waals surface area contributed by atoms with Crippen molar-refractivity contribution in [3.8, 4) is 0 Å². The fraction of sp³-hybridized carbons (Fsp3) is 0.615. The number of H-pyrrole nitrogens is 1. The van der Waals surface area contributed by atoms with Crippen molar-refractivity contribution in [3.63, 3.8) is 0 Å². The quantitative estimate of drug-likeness (QED) is 0.831. The molecule has 17 heavy (non-hydrogen) atoms. The molecule has 1 saturated heterocycles. The monoisotopic (exact) mass is 236 g/mol. The maximum atomic E-state index is 11.7. The Balaban J connectivity index is 1.75. The van der Waals surface area contributed by atoms with Crippen molar-refractivity contribution in [1.29, 1.82) is 0 Å². The number of aryl methyl sites for hydroxylation is 2. The number of hydrogen-bond acceptors (Lipinski definition) is 2. The van der Waals surface area contributed by atoms with Gasteiger partial charge in [-0.15, -0.1) is 0 Å². The topological polar surface area (TPSA) is 54.1 Å². The minimum Gasteiger partial charge on any atom is -0.368 e. The average Bonchev–Trinajstić information content (AvgIpc) is 2.89. The van der Waals surface area contributed by atoms with Crippen LogP contribution >= 0.6 is 0 Å². The summed E-state index contributed by atoms with van der Waals surface area (Å²) in [5, 5.41) is 2.93. The van der Waals surface area contributed by atoms with Gasteiger partial charge in [-0.3, -0.25) is 4.79 Å². The third-order valence-corrected chi connectivity index (χ3v) is 3.17. The van der Waals surface area contributed by atoms with Crippen molar-refractivity contribution in [2.75, 3.05) is 13.2 Å². The minimum absolute atomic E-state index is 0.0346. The summed E-state index contributed by atoms with van der Waals surface area (Å²) >= 11 is 0. The van der Waals surface area contributed by atoms with Crippen LogP contribution in [0.2, 0.25) is 0 Å². The molecule has 0 spiro atoms. The fourth-order valence-corrected chi connectivity index (χ4v) is 2.26. The Labute approximate surface area is 102 Å². The first-order valence-corrected chi connectivity index (χ1v) is 6.21. The molecule has 0 aromatic carbocycles. The number of hydrogen-bond donors (Lipinski definition) is 2. The lowest BCUT2D eigenvalue weighted by molar-refractivity contribution is -0.129. The number of nitrogens with one attached hydrogen (secondary N) is 2. The van der Waals surface area contributed by atoms with Crippen LogP contribution in [-0.4, -0.2) is 30.1 Å². The maximum Gasteiger partial charge on any atom is 0.249 e. The summed E-state index contributed by atoms with van der Waals surface area (Å²) in [5.41, 5.74) is 3.63. The molecule has 1 amide bonds. The molecule has 1 fully saturated rings. The second kappa shape index (κ2) is 5.36. The van der Waals surface area contributed by atoms with Crippen LogP contribution in [0.5, 0.6) is 0 Å². The molecule has 2 N–H and O–H groups in total. The Hall–Kier alpha value is -1.29. The van der Waals surface area contributed by atoms with E-state index in [1.165, 1.54) is 17.0 Å². The molecule has 2 heterocycles. The standard InChI is InChI=1S/C13H20N2O2/c1-9-8-11(10(2)15-9)5-6-14-13(16)12-4-3-7-17-12/h8,12,15H,3-7H2,1-2H3,(H,14,16). The first kappa shape index (κ1) is 12.2. The van der Waals surface area contributed by atoms with E-state index in [4.69, 9.17) is 4.74 Å². The third-order valence-electron chi connectivity index (χ3n) is 3.17. The Morgan fingerprint density at radius 3 is 3.00 bits per heavy atom. The van der Waals surface area contributed by atoms with Crippen LogP contribution in [0.15, 0.2) is 6.07 Å². The lowest BCUT2D eigenvalue weighted by Gasteiger charge is -2.10. The van der Waals surface area contributed by atoms with Crippen LogP contribution in [-0.2, 0) is 16.0 Å². The molecule has 0 radical (unpaired) electrons. The molecule has 4 nitrogen and oxygen atoms in total. The highest BCUT2D eigenvalue weighted by molar-refractivity contribution is 5.80. The van der Waals surface area contributed by atoms with Crippen molar-refractivity contribution >= 4 is 5.91 Å². The molecule has 0 bridgehead atoms. The molecule has 1 atom stereocenters. The molecule has 1 aromatic rings. The summed E-state index contributed by atoms with van der Waals surface area (Å²) in [6, 6.07) is 2.13. The molecule has 1 unspecified atom stereocenters. The summed E-state index contributed by atoms with van der Waals surface area (Å²) in [7, 11) is 0. The summed E-state index contributed by atoms with van der Waals surface area (Å²) in [5.74, 6) is 0.0346. The average molecular weight is 236 g/mol. The van der Waals surface area contributed by atoms with E-state index in [-0.39, 0.29) is 12.0 Å². The van der Waals surface area contributed by atoms with Gasteiger partial charge in [-0.1, -0.05) is 0 Å². The van der Waals surface area contributed by atoms with Crippen molar-refractivity contribution in [2.45, 2.75) is 39.2 Å². The zero-order valence-corrected chi connectivity index (χ0v) is 10.5. The van der Waals surface area contributed by atoms with Crippen LogP contribution < -0.4 is 5.32 Å². The second-order valence-electron chi connectivity index (χ2n) is 4.65. The van der Waals surface area contributed by atoms with E-state index >= 15 is 0 Å². The number of rotatable bonds is 4. The highest BCUT2D eigenvalue weighted by atomic mass is 16.5. The van der Waals surface area contributed by atoms with Crippen LogP contribution in [0.25, 0.3) is 0 Å². The van der Waals surface area contributed by atoms with Gasteiger partial charge in [0.2, 0.25) is 5.91 Å². The van der Waals surface area contributed by atoms with Gasteiger partial charge in [-0.25, -0.2) is 0 Å². The van der Waals surface area contributed by atoms with Gasteiger partial charge in [0.25, 0.3) is 0 Å². The van der Waals surface area contributed by atoms with Crippen molar-refractivity contribution < 1.29 is 9.53 Å². The molecule has 4 heteroatoms. The zero-order chi connectivity index (χ0) is 12.3. The molecule has 0 aliphatic carbocycles. The highest BCUT2D eigenvalue weighted by Gasteiger charge is 2.22. The van der Waals surface area contributed by atoms with Crippen molar-refractivity contribution in [3.05, 3.63) is 23.0 Å². The van der Waals surface area contributed by atoms with E-state index < -0.39 is 0 Å². The molecule has 1 aliphatic rings. The number of amides is 1. The number of aromatic amines is 1. The summed E-state index contributed by atoms with van der Waals surface area (Å²) in [6.07, 6.45) is 2.50. The van der Waals surface area contributed by atoms with Gasteiger partial charge in [0.15, 0.2) is 0 Å². The van der Waals surface area contributed by atoms with Gasteiger partial charge >= 0.3 is 0 Å². The first-order chi connectivity index (χ1) is 8.16. The van der Waals surface area contributed by atoms with Crippen LogP contribution in [0.3, 0.4) is 0 Å². The SMILES string of the molecule is Cc1cc(CCNC(=O)C2CCCO2)c(C)[nH]1. The van der Waals surface area contributed by atoms with E-state index in [0.717, 1.165) is 19.3 Å². The lowest BCUT2D eigenvalue weighted by atomic mass is 10.1. The van der Waals surface area contributed by atoms with Crippen LogP contribution in [0, 0.1) is 13.8 Å². The van der Waals surface area contributed by atoms with E-state index in [2.05, 4.69) is 23.3 Å². The number of carbonyl (C=O) groups excluding carboxylic acids is 1. The Morgan fingerprint density at radius 1 is 1.59 bits per heavy atom. The lowest BCUT2D eigenvalue weighted by Crippen LogP contribution is -2.35. The van der Waals surface area contributed by atoms with Gasteiger partial charge in [0.1, 0.15) is 6.10 Å². The molecule has 1 aliphatic heterocycles. The minimum atomic E-state index is -0.218. The van der Waals surface area contributed by atoms with Crippen molar-refractivity contribution in [2.24, 2.45) is 0 Å². The smallest absolute Gasteiger partial charge is 0.249 e. The van der Waals surface area contributed by atoms with Crippen LogP contribution in [0.1, 0.15) is 29.8 Å². The van der Waals surface area contributed by atoms with E-state index in [1.807, 2.05) is 6.92 Å². The normalized spacial score (nSPS) is 19.5. The molecular weight excluding hydrogens is 216 g/mol. The number of ether oxygens (including phenoxy) is 1. The maximum absolute atomic E-state index is 11.7. The van der Waals surface area contributed by atoms with E-state index in [0.29, 0.717) is 13.2 Å². The van der Waals surface area contributed by atoms with Gasteiger partial charge < -0.3 is 15.0 Å². The summed E-state index contributed by atoms with van der Waals surface area (Å²) < 4.78 is 5.33. The summed E-state index contributed by atoms with van der Waals surface area (Å²) in [4.78, 5) is 14.9. The Kier molecular flexibility index (Phi) is 3.84. The van der Waals surface area contributed by atoms with Gasteiger partial charge in [0, 0.05) is 24.5 Å². The largest absolute Gasteiger partial charge is 0.368 e. The van der Waals surface area contributed by atoms with Gasteiger partial charge in [-0.05, 0) is 44.7 Å². The Bertz CT molecular complexity index is 392. The van der Waals surface area contributed by atoms with Crippen LogP contribution in [0.4, 0.5) is 0 Å². The fourth-order valence-electron chi connectivity index (χ4n) is 2.26. The Morgan fingerprint density at radius 2 is 2.41 bits per heavy atom. The van der Waals surface area contributed by atoms with E-state index in [9.17, 15) is 4.79 Å². The van der Waals surface area contributed by atoms with Gasteiger partial charge in [0.05, 0.1) is 0 Å². The molecule has 2 rings (SSSR count). The molecule has 0 saturated carbocycles. The molecule has 1 aromatic heterocycles. The summed E-state index contributed by atoms with van der Waals surface area (Å²) in [6.45, 7) is 5.50. The second-order valence-corrected chi connectivity index (χ2v) is 4.65. The van der Waals surface area contributed by atoms with Crippen molar-refractivity contribution in [1.82, 2.24) is 10.3 Å². The van der Waals surface area contributed by atoms with Gasteiger partial charge in [-0.2, -0.15) is 0 Å². The number of aromatic nitrogens is 1. The highest BCUT2D eigenvalue weighted by Crippen LogP contribution is 2.12. The molecular formula is C13H20N2O2. The zero-order valence-electron chi connectivity index (χ0n) is 10.5. The third kappa shape index (κ3) is 3.09. The van der Waals surface area contributed by atoms with E-state index in [1.54, 1.807) is 0 Å². The molecule has 94 valence electrons.